The maximum absolute atomic E-state index is 10.3. The van der Waals surface area contributed by atoms with Gasteiger partial charge in [0.2, 0.25) is 16.0 Å². The molecule has 0 unspecified atom stereocenters. The number of imidazole rings is 1. The molecule has 1 aliphatic heterocycles. The zero-order chi connectivity index (χ0) is 21.0. The SMILES string of the molecule is COc1nc(C(C)C)ccc1-c1cnc2sc(N3C[C@H]4C[C@H](O)[C@@H](C)C[C@H]4C3)nn12. The smallest absolute Gasteiger partial charge is 0.222 e. The molecule has 1 N–H and O–H groups in total. The Balaban J connectivity index is 1.45. The molecule has 0 spiro atoms. The molecular weight excluding hydrogens is 398 g/mol. The van der Waals surface area contributed by atoms with E-state index in [-0.39, 0.29) is 6.10 Å². The van der Waals surface area contributed by atoms with Gasteiger partial charge in [-0.25, -0.2) is 14.5 Å². The van der Waals surface area contributed by atoms with Crippen LogP contribution in [0, 0.1) is 17.8 Å². The predicted molar refractivity (Wildman–Crippen MR) is 118 cm³/mol. The van der Waals surface area contributed by atoms with E-state index in [1.165, 1.54) is 0 Å². The van der Waals surface area contributed by atoms with Gasteiger partial charge in [0.15, 0.2) is 0 Å². The van der Waals surface area contributed by atoms with Gasteiger partial charge in [0.05, 0.1) is 30.7 Å². The highest BCUT2D eigenvalue weighted by Crippen LogP contribution is 2.42. The molecule has 7 nitrogen and oxygen atoms in total. The molecule has 3 aromatic rings. The molecule has 0 amide bonds. The molecule has 160 valence electrons. The number of aliphatic hydroxyl groups is 1. The van der Waals surface area contributed by atoms with Gasteiger partial charge in [0.25, 0.3) is 0 Å². The number of aliphatic hydroxyl groups excluding tert-OH is 1. The Kier molecular flexibility index (Phi) is 4.94. The summed E-state index contributed by atoms with van der Waals surface area (Å²) in [6.45, 7) is 8.40. The lowest BCUT2D eigenvalue weighted by molar-refractivity contribution is 0.0384. The van der Waals surface area contributed by atoms with E-state index in [9.17, 15) is 5.11 Å². The first-order valence-corrected chi connectivity index (χ1v) is 11.6. The van der Waals surface area contributed by atoms with Gasteiger partial charge in [-0.15, -0.1) is 5.10 Å². The van der Waals surface area contributed by atoms with Crippen LogP contribution in [-0.2, 0) is 0 Å². The van der Waals surface area contributed by atoms with E-state index < -0.39 is 0 Å². The van der Waals surface area contributed by atoms with E-state index >= 15 is 0 Å². The molecule has 2 fully saturated rings. The van der Waals surface area contributed by atoms with Crippen molar-refractivity contribution in [2.24, 2.45) is 17.8 Å². The largest absolute Gasteiger partial charge is 0.480 e. The van der Waals surface area contributed by atoms with Crippen LogP contribution in [0.1, 0.15) is 45.2 Å². The molecule has 30 heavy (non-hydrogen) atoms. The Morgan fingerprint density at radius 1 is 1.20 bits per heavy atom. The highest BCUT2D eigenvalue weighted by Gasteiger charge is 2.41. The number of anilines is 1. The van der Waals surface area contributed by atoms with Crippen molar-refractivity contribution < 1.29 is 9.84 Å². The molecule has 1 aliphatic carbocycles. The summed E-state index contributed by atoms with van der Waals surface area (Å²) < 4.78 is 7.50. The highest BCUT2D eigenvalue weighted by atomic mass is 32.1. The van der Waals surface area contributed by atoms with Crippen molar-refractivity contribution in [2.75, 3.05) is 25.1 Å². The van der Waals surface area contributed by atoms with Crippen molar-refractivity contribution in [1.82, 2.24) is 19.6 Å². The zero-order valence-electron chi connectivity index (χ0n) is 17.9. The lowest BCUT2D eigenvalue weighted by Crippen LogP contribution is -2.33. The number of methoxy groups -OCH3 is 1. The summed E-state index contributed by atoms with van der Waals surface area (Å²) in [4.78, 5) is 12.5. The minimum absolute atomic E-state index is 0.166. The summed E-state index contributed by atoms with van der Waals surface area (Å²) >= 11 is 1.62. The van der Waals surface area contributed by atoms with Gasteiger partial charge < -0.3 is 14.7 Å². The Hall–Kier alpha value is -2.19. The Morgan fingerprint density at radius 3 is 2.70 bits per heavy atom. The van der Waals surface area contributed by atoms with Gasteiger partial charge in [0.1, 0.15) is 0 Å². The van der Waals surface area contributed by atoms with Gasteiger partial charge in [-0.05, 0) is 48.6 Å². The van der Waals surface area contributed by atoms with Gasteiger partial charge in [-0.3, -0.25) is 0 Å². The van der Waals surface area contributed by atoms with Crippen LogP contribution in [0.4, 0.5) is 5.13 Å². The number of nitrogens with zero attached hydrogens (tertiary/aromatic N) is 5. The van der Waals surface area contributed by atoms with Crippen LogP contribution in [0.25, 0.3) is 16.2 Å². The summed E-state index contributed by atoms with van der Waals surface area (Å²) in [5.41, 5.74) is 2.80. The van der Waals surface area contributed by atoms with Crippen molar-refractivity contribution in [3.8, 4) is 17.1 Å². The number of aromatic nitrogens is 4. The second kappa shape index (κ2) is 7.50. The first kappa shape index (κ1) is 19.8. The summed E-state index contributed by atoms with van der Waals surface area (Å²) in [6, 6.07) is 4.10. The summed E-state index contributed by atoms with van der Waals surface area (Å²) in [6.07, 6.45) is 3.68. The highest BCUT2D eigenvalue weighted by molar-refractivity contribution is 7.20. The van der Waals surface area contributed by atoms with Gasteiger partial charge in [-0.2, -0.15) is 0 Å². The van der Waals surface area contributed by atoms with Crippen molar-refractivity contribution in [1.29, 1.82) is 0 Å². The van der Waals surface area contributed by atoms with E-state index in [4.69, 9.17) is 9.84 Å². The lowest BCUT2D eigenvalue weighted by atomic mass is 9.75. The van der Waals surface area contributed by atoms with Gasteiger partial charge >= 0.3 is 0 Å². The molecule has 0 radical (unpaired) electrons. The minimum atomic E-state index is -0.166. The van der Waals surface area contributed by atoms with Crippen LogP contribution >= 0.6 is 11.3 Å². The van der Waals surface area contributed by atoms with Gasteiger partial charge in [0, 0.05) is 18.8 Å². The molecule has 2 aliphatic rings. The van der Waals surface area contributed by atoms with Crippen LogP contribution < -0.4 is 9.64 Å². The number of pyridine rings is 1. The van der Waals surface area contributed by atoms with Crippen molar-refractivity contribution in [3.05, 3.63) is 24.0 Å². The predicted octanol–water partition coefficient (Wildman–Crippen LogP) is 3.83. The lowest BCUT2D eigenvalue weighted by Gasteiger charge is -2.32. The van der Waals surface area contributed by atoms with E-state index in [1.807, 2.05) is 16.8 Å². The zero-order valence-corrected chi connectivity index (χ0v) is 18.8. The van der Waals surface area contributed by atoms with Crippen molar-refractivity contribution in [2.45, 2.75) is 45.6 Å². The molecular formula is C22H29N5O2S. The molecule has 1 saturated carbocycles. The average Bonchev–Trinajstić information content (AvgIpc) is 3.41. The second-order valence-corrected chi connectivity index (χ2v) is 10.0. The maximum Gasteiger partial charge on any atom is 0.222 e. The molecule has 5 rings (SSSR count). The second-order valence-electron chi connectivity index (χ2n) is 9.11. The van der Waals surface area contributed by atoms with Crippen LogP contribution in [0.5, 0.6) is 5.88 Å². The fourth-order valence-corrected chi connectivity index (χ4v) is 5.82. The molecule has 4 atom stereocenters. The molecule has 8 heteroatoms. The van der Waals surface area contributed by atoms with E-state index in [0.29, 0.717) is 29.6 Å². The number of rotatable bonds is 4. The number of hydrogen-bond acceptors (Lipinski definition) is 7. The van der Waals surface area contributed by atoms with Crippen molar-refractivity contribution >= 4 is 21.4 Å². The minimum Gasteiger partial charge on any atom is -0.480 e. The summed E-state index contributed by atoms with van der Waals surface area (Å²) in [5.74, 6) is 2.53. The van der Waals surface area contributed by atoms with Gasteiger partial charge in [-0.1, -0.05) is 32.1 Å². The monoisotopic (exact) mass is 427 g/mol. The fraction of sp³-hybridized carbons (Fsp3) is 0.591. The number of hydrogen-bond donors (Lipinski definition) is 1. The quantitative estimate of drug-likeness (QED) is 0.682. The number of fused-ring (bicyclic) bond motifs is 2. The van der Waals surface area contributed by atoms with E-state index in [2.05, 4.69) is 41.7 Å². The topological polar surface area (TPSA) is 75.8 Å². The third kappa shape index (κ3) is 3.26. The Morgan fingerprint density at radius 2 is 1.97 bits per heavy atom. The maximum atomic E-state index is 10.3. The molecule has 4 heterocycles. The molecule has 3 aromatic heterocycles. The Labute approximate surface area is 180 Å². The van der Waals surface area contributed by atoms with Crippen LogP contribution in [0.15, 0.2) is 18.3 Å². The summed E-state index contributed by atoms with van der Waals surface area (Å²) in [7, 11) is 1.65. The first-order valence-electron chi connectivity index (χ1n) is 10.8. The molecule has 0 aromatic carbocycles. The molecule has 1 saturated heterocycles. The van der Waals surface area contributed by atoms with Crippen LogP contribution in [0.2, 0.25) is 0 Å². The first-order chi connectivity index (χ1) is 14.4. The molecule has 0 bridgehead atoms. The van der Waals surface area contributed by atoms with Crippen molar-refractivity contribution in [3.63, 3.8) is 0 Å². The third-order valence-electron chi connectivity index (χ3n) is 6.74. The summed E-state index contributed by atoms with van der Waals surface area (Å²) in [5, 5.41) is 16.2. The number of ether oxygens (including phenoxy) is 1. The fourth-order valence-electron chi connectivity index (χ4n) is 4.93. The average molecular weight is 428 g/mol. The third-order valence-corrected chi connectivity index (χ3v) is 7.72. The normalized spacial score (nSPS) is 26.5. The van der Waals surface area contributed by atoms with Crippen LogP contribution in [-0.4, -0.2) is 51.0 Å². The standard InChI is InChI=1S/C22H29N5O2S/c1-12(2)17-6-5-16(20(24-17)29-4)18-9-23-21-27(18)25-22(30-21)26-10-14-7-13(3)19(28)8-15(14)11-26/h5-6,9,12-15,19,28H,7-8,10-11H2,1-4H3/t13-,14-,15+,19-/m0/s1. The van der Waals surface area contributed by atoms with E-state index in [1.54, 1.807) is 18.4 Å². The van der Waals surface area contributed by atoms with E-state index in [0.717, 1.165) is 53.0 Å². The Bertz CT molecular complexity index is 1040. The van der Waals surface area contributed by atoms with Crippen LogP contribution in [0.3, 0.4) is 0 Å².